The van der Waals surface area contributed by atoms with Crippen LogP contribution in [-0.2, 0) is 27.9 Å². The van der Waals surface area contributed by atoms with Gasteiger partial charge in [-0.2, -0.15) is 0 Å². The molecule has 1 aromatic heterocycles. The van der Waals surface area contributed by atoms with Crippen LogP contribution in [0.15, 0.2) is 23.0 Å². The number of nitrogens with zero attached hydrogens (tertiary/aromatic N) is 4. The van der Waals surface area contributed by atoms with E-state index in [9.17, 15) is 19.2 Å². The number of ether oxygens (including phenoxy) is 1. The lowest BCUT2D eigenvalue weighted by Gasteiger charge is -2.39. The number of fused-ring (bicyclic) bond motifs is 1. The van der Waals surface area contributed by atoms with Gasteiger partial charge in [0.05, 0.1) is 11.0 Å². The van der Waals surface area contributed by atoms with Gasteiger partial charge in [0.15, 0.2) is 0 Å². The molecule has 5 rings (SSSR count). The molecule has 2 aromatic rings. The summed E-state index contributed by atoms with van der Waals surface area (Å²) in [6, 6.07) is 5.99. The van der Waals surface area contributed by atoms with Crippen LogP contribution in [0.25, 0.3) is 11.0 Å². The van der Waals surface area contributed by atoms with Crippen molar-refractivity contribution in [3.63, 3.8) is 0 Å². The number of amides is 3. The molecule has 1 aliphatic carbocycles. The van der Waals surface area contributed by atoms with Gasteiger partial charge < -0.3 is 15.0 Å². The molecule has 1 unspecified atom stereocenters. The van der Waals surface area contributed by atoms with Crippen LogP contribution in [0.4, 0.5) is 4.79 Å². The number of hydrogen-bond donors (Lipinski definition) is 2. The summed E-state index contributed by atoms with van der Waals surface area (Å²) in [7, 11) is 4.01. The lowest BCUT2D eigenvalue weighted by atomic mass is 9.85. The number of alkyl carbamates (subject to hydrolysis) is 1. The van der Waals surface area contributed by atoms with Crippen molar-refractivity contribution in [3.05, 3.63) is 34.2 Å². The Labute approximate surface area is 253 Å². The normalized spacial score (nSPS) is 24.4. The van der Waals surface area contributed by atoms with Gasteiger partial charge in [-0.05, 0) is 103 Å². The molecule has 2 saturated heterocycles. The zero-order valence-corrected chi connectivity index (χ0v) is 26.4. The molecule has 11 heteroatoms. The van der Waals surface area contributed by atoms with Gasteiger partial charge in [-0.15, -0.1) is 0 Å². The molecule has 43 heavy (non-hydrogen) atoms. The smallest absolute Gasteiger partial charge is 0.407 e. The SMILES string of the molecule is CN(CC1CCC(NC(=O)OC(C)(C)C)CC1)C1CCN(Cc2cccc3c2n(C)c(=O)n3C2CCC(=O)NC2=O)CC1. The van der Waals surface area contributed by atoms with Crippen molar-refractivity contribution in [2.24, 2.45) is 13.0 Å². The molecule has 3 amide bonds. The number of imidazole rings is 1. The minimum absolute atomic E-state index is 0.199. The van der Waals surface area contributed by atoms with Gasteiger partial charge in [-0.1, -0.05) is 12.1 Å². The standard InChI is InChI=1S/C32H48N6O5/c1-32(2,3)43-30(41)33-23-11-9-21(10-12-23)19-35(4)24-15-17-37(18-16-24)20-22-7-6-8-25-28(22)36(5)31(42)38(25)26-13-14-27(39)34-29(26)40/h6-8,21,23-24,26H,9-20H2,1-5H3,(H,33,41)(H,34,39,40). The van der Waals surface area contributed by atoms with Crippen LogP contribution < -0.4 is 16.3 Å². The molecule has 3 aliphatic rings. The van der Waals surface area contributed by atoms with Crippen molar-refractivity contribution in [1.29, 1.82) is 0 Å². The predicted octanol–water partition coefficient (Wildman–Crippen LogP) is 3.30. The van der Waals surface area contributed by atoms with Crippen LogP contribution in [0, 0.1) is 5.92 Å². The Hall–Kier alpha value is -3.18. The fourth-order valence-electron chi connectivity index (χ4n) is 7.16. The zero-order valence-electron chi connectivity index (χ0n) is 26.4. The van der Waals surface area contributed by atoms with E-state index >= 15 is 0 Å². The molecule has 3 fully saturated rings. The minimum Gasteiger partial charge on any atom is -0.444 e. The fraction of sp³-hybridized carbons (Fsp3) is 0.688. The Morgan fingerprint density at radius 2 is 1.74 bits per heavy atom. The number of aromatic nitrogens is 2. The Morgan fingerprint density at radius 3 is 2.40 bits per heavy atom. The maximum Gasteiger partial charge on any atom is 0.407 e. The average Bonchev–Trinajstić information content (AvgIpc) is 3.19. The van der Waals surface area contributed by atoms with Crippen molar-refractivity contribution < 1.29 is 19.1 Å². The van der Waals surface area contributed by atoms with Crippen molar-refractivity contribution in [2.45, 2.75) is 102 Å². The molecule has 0 radical (unpaired) electrons. The van der Waals surface area contributed by atoms with E-state index in [2.05, 4.69) is 33.5 Å². The minimum atomic E-state index is -0.674. The second-order valence-electron chi connectivity index (χ2n) is 13.8. The molecule has 1 saturated carbocycles. The van der Waals surface area contributed by atoms with E-state index in [1.54, 1.807) is 16.2 Å². The van der Waals surface area contributed by atoms with E-state index in [1.165, 1.54) is 0 Å². The zero-order chi connectivity index (χ0) is 30.9. The van der Waals surface area contributed by atoms with Gasteiger partial charge in [-0.25, -0.2) is 9.59 Å². The third-order valence-electron chi connectivity index (χ3n) is 9.40. The first-order valence-electron chi connectivity index (χ1n) is 15.8. The van der Waals surface area contributed by atoms with Gasteiger partial charge in [-0.3, -0.25) is 28.9 Å². The van der Waals surface area contributed by atoms with Gasteiger partial charge >= 0.3 is 11.8 Å². The summed E-state index contributed by atoms with van der Waals surface area (Å²) < 4.78 is 8.62. The number of nitrogens with one attached hydrogen (secondary N) is 2. The number of para-hydroxylation sites is 1. The molecule has 1 aromatic carbocycles. The number of rotatable bonds is 7. The molecular formula is C32H48N6O5. The van der Waals surface area contributed by atoms with E-state index < -0.39 is 17.6 Å². The second-order valence-corrected chi connectivity index (χ2v) is 13.8. The number of carbonyl (C=O) groups excluding carboxylic acids is 3. The fourth-order valence-corrected chi connectivity index (χ4v) is 7.16. The van der Waals surface area contributed by atoms with Crippen LogP contribution >= 0.6 is 0 Å². The lowest BCUT2D eigenvalue weighted by molar-refractivity contribution is -0.135. The van der Waals surface area contributed by atoms with Crippen molar-refractivity contribution in [3.8, 4) is 0 Å². The van der Waals surface area contributed by atoms with Crippen molar-refractivity contribution >= 4 is 28.9 Å². The number of carbonyl (C=O) groups is 3. The largest absolute Gasteiger partial charge is 0.444 e. The number of benzene rings is 1. The quantitative estimate of drug-likeness (QED) is 0.471. The number of hydrogen-bond acceptors (Lipinski definition) is 7. The molecule has 1 atom stereocenters. The maximum atomic E-state index is 13.3. The van der Waals surface area contributed by atoms with Crippen LogP contribution in [-0.4, -0.2) is 81.2 Å². The van der Waals surface area contributed by atoms with Crippen molar-refractivity contribution in [1.82, 2.24) is 29.6 Å². The van der Waals surface area contributed by atoms with Gasteiger partial charge in [0.1, 0.15) is 11.6 Å². The Bertz CT molecular complexity index is 1390. The molecule has 2 aliphatic heterocycles. The van der Waals surface area contributed by atoms with Crippen LogP contribution in [0.1, 0.15) is 83.7 Å². The van der Waals surface area contributed by atoms with Crippen molar-refractivity contribution in [2.75, 3.05) is 26.7 Å². The van der Waals surface area contributed by atoms with E-state index in [0.29, 0.717) is 18.4 Å². The highest BCUT2D eigenvalue weighted by Gasteiger charge is 2.32. The Balaban J connectivity index is 1.13. The van der Waals surface area contributed by atoms with Crippen LogP contribution in [0.3, 0.4) is 0 Å². The van der Waals surface area contributed by atoms with E-state index in [0.717, 1.165) is 81.3 Å². The molecule has 236 valence electrons. The molecular weight excluding hydrogens is 548 g/mol. The number of aryl methyl sites for hydroxylation is 1. The highest BCUT2D eigenvalue weighted by molar-refractivity contribution is 6.00. The van der Waals surface area contributed by atoms with Gasteiger partial charge in [0, 0.05) is 38.6 Å². The van der Waals surface area contributed by atoms with Gasteiger partial charge in [0.2, 0.25) is 11.8 Å². The number of likely N-dealkylation sites (tertiary alicyclic amines) is 1. The highest BCUT2D eigenvalue weighted by atomic mass is 16.6. The number of imide groups is 1. The highest BCUT2D eigenvalue weighted by Crippen LogP contribution is 2.29. The monoisotopic (exact) mass is 596 g/mol. The summed E-state index contributed by atoms with van der Waals surface area (Å²) in [5.74, 6) is -0.0517. The summed E-state index contributed by atoms with van der Waals surface area (Å²) in [6.07, 6.45) is 6.66. The molecule has 11 nitrogen and oxygen atoms in total. The summed E-state index contributed by atoms with van der Waals surface area (Å²) in [4.78, 5) is 54.7. The third-order valence-corrected chi connectivity index (χ3v) is 9.40. The Morgan fingerprint density at radius 1 is 1.05 bits per heavy atom. The average molecular weight is 597 g/mol. The van der Waals surface area contributed by atoms with Gasteiger partial charge in [0.25, 0.3) is 0 Å². The van der Waals surface area contributed by atoms with Crippen LogP contribution in [0.5, 0.6) is 0 Å². The maximum absolute atomic E-state index is 13.3. The van der Waals surface area contributed by atoms with Crippen LogP contribution in [0.2, 0.25) is 0 Å². The summed E-state index contributed by atoms with van der Waals surface area (Å²) >= 11 is 0. The molecule has 0 bridgehead atoms. The van der Waals surface area contributed by atoms with E-state index in [1.807, 2.05) is 32.9 Å². The third kappa shape index (κ3) is 7.32. The Kier molecular flexibility index (Phi) is 9.31. The first-order valence-corrected chi connectivity index (χ1v) is 15.8. The first-order chi connectivity index (χ1) is 20.4. The molecule has 3 heterocycles. The van der Waals surface area contributed by atoms with E-state index in [-0.39, 0.29) is 30.2 Å². The molecule has 0 spiro atoms. The van der Waals surface area contributed by atoms with E-state index in [4.69, 9.17) is 4.74 Å². The summed E-state index contributed by atoms with van der Waals surface area (Å²) in [5.41, 5.74) is 1.96. The first kappa shape index (κ1) is 31.3. The number of piperidine rings is 2. The molecule has 2 N–H and O–H groups in total. The summed E-state index contributed by atoms with van der Waals surface area (Å²) in [6.45, 7) is 9.46. The topological polar surface area (TPSA) is 118 Å². The predicted molar refractivity (Wildman–Crippen MR) is 165 cm³/mol. The second kappa shape index (κ2) is 12.8. The summed E-state index contributed by atoms with van der Waals surface area (Å²) in [5, 5.41) is 5.43. The lowest BCUT2D eigenvalue weighted by Crippen LogP contribution is -2.46.